The van der Waals surface area contributed by atoms with Crippen LogP contribution in [0.4, 0.5) is 0 Å². The maximum Gasteiger partial charge on any atom is 0.303 e. The second kappa shape index (κ2) is 66.3. The zero-order chi connectivity index (χ0) is 49.7. The average molecular weight is 935 g/mol. The van der Waals surface area contributed by atoms with Crippen LogP contribution in [0.15, 0.2) is 60.8 Å². The Hall–Kier alpha value is -3.01. The number of allylic oxidation sites excluding steroid dienone is 10. The fraction of sp³-hybridized carbons (Fsp3) is 0.772. The lowest BCUT2D eigenvalue weighted by Crippen LogP contribution is -2.15. The molecule has 0 unspecified atom stereocenters. The Balaban J connectivity index is -0.000000410. The van der Waals surface area contributed by atoms with Gasteiger partial charge < -0.3 is 30.6 Å². The van der Waals surface area contributed by atoms with Gasteiger partial charge in [-0.05, 0) is 109 Å². The van der Waals surface area contributed by atoms with Crippen LogP contribution in [0.1, 0.15) is 265 Å². The molecule has 9 nitrogen and oxygen atoms in total. The number of hydrogen-bond donors (Lipinski definition) is 6. The number of rotatable bonds is 45. The standard InChI is InChI=1S/C18H34O2.2C18H32O2.C3H8O3/c3*1-2-3-4-5-6-7-8-9-10-11-12-13-14-15-16-17-18(19)20;4-1-3(6)2-5/h9-10H,2-8,11-17H2,1H3,(H,19,20);2*6-7,9-10H,2-5,8,11-17H2,1H3,(H,19,20);3-6H,1-2H2. The first-order chi connectivity index (χ1) is 32.1. The first-order valence-electron chi connectivity index (χ1n) is 26.9. The maximum absolute atomic E-state index is 10.3. The third kappa shape index (κ3) is 81.2. The summed E-state index contributed by atoms with van der Waals surface area (Å²) in [6.45, 7) is 6.00. The van der Waals surface area contributed by atoms with Gasteiger partial charge >= 0.3 is 17.9 Å². The van der Waals surface area contributed by atoms with E-state index in [0.29, 0.717) is 19.3 Å². The predicted octanol–water partition coefficient (Wildman–Crippen LogP) is 16.2. The van der Waals surface area contributed by atoms with Crippen LogP contribution in [0.3, 0.4) is 0 Å². The normalized spacial score (nSPS) is 11.4. The van der Waals surface area contributed by atoms with Crippen LogP contribution in [-0.2, 0) is 14.4 Å². The number of aliphatic hydroxyl groups excluding tert-OH is 3. The molecule has 0 aliphatic rings. The fourth-order valence-corrected chi connectivity index (χ4v) is 6.58. The first kappa shape index (κ1) is 69.6. The monoisotopic (exact) mass is 935 g/mol. The van der Waals surface area contributed by atoms with E-state index >= 15 is 0 Å². The minimum atomic E-state index is -0.954. The SMILES string of the molecule is CCCCCC=CCC=CCCCCCCCC(=O)O.CCCCCC=CCC=CCCCCCCCC(=O)O.CCCCCCCCC=CCCCCCCCC(=O)O.OCC(O)CO. The molecular weight excluding hydrogens is 829 g/mol. The molecule has 0 saturated carbocycles. The molecule has 0 aliphatic heterocycles. The number of aliphatic carboxylic acids is 3. The van der Waals surface area contributed by atoms with Crippen LogP contribution in [0, 0.1) is 0 Å². The molecule has 0 spiro atoms. The van der Waals surface area contributed by atoms with Crippen LogP contribution in [-0.4, -0.2) is 67.9 Å². The van der Waals surface area contributed by atoms with E-state index in [0.717, 1.165) is 64.2 Å². The summed E-state index contributed by atoms with van der Waals surface area (Å²) < 4.78 is 0. The van der Waals surface area contributed by atoms with Crippen LogP contribution in [0.5, 0.6) is 0 Å². The van der Waals surface area contributed by atoms with Crippen molar-refractivity contribution in [2.45, 2.75) is 271 Å². The van der Waals surface area contributed by atoms with Crippen molar-refractivity contribution in [3.63, 3.8) is 0 Å². The lowest BCUT2D eigenvalue weighted by molar-refractivity contribution is -0.138. The van der Waals surface area contributed by atoms with Crippen molar-refractivity contribution in [3.8, 4) is 0 Å². The molecule has 0 amide bonds. The van der Waals surface area contributed by atoms with Crippen molar-refractivity contribution in [1.82, 2.24) is 0 Å². The zero-order valence-electron chi connectivity index (χ0n) is 43.0. The minimum Gasteiger partial charge on any atom is -0.481 e. The third-order valence-corrected chi connectivity index (χ3v) is 10.8. The van der Waals surface area contributed by atoms with Gasteiger partial charge in [-0.25, -0.2) is 0 Å². The van der Waals surface area contributed by atoms with Gasteiger partial charge in [-0.15, -0.1) is 0 Å². The highest BCUT2D eigenvalue weighted by molar-refractivity contribution is 5.67. The van der Waals surface area contributed by atoms with E-state index in [4.69, 9.17) is 30.6 Å². The van der Waals surface area contributed by atoms with Gasteiger partial charge in [-0.3, -0.25) is 14.4 Å². The molecule has 0 heterocycles. The Labute approximate surface area is 406 Å². The summed E-state index contributed by atoms with van der Waals surface area (Å²) in [6, 6.07) is 0. The lowest BCUT2D eigenvalue weighted by Gasteiger charge is -1.99. The van der Waals surface area contributed by atoms with Crippen molar-refractivity contribution in [1.29, 1.82) is 0 Å². The van der Waals surface area contributed by atoms with E-state index < -0.39 is 24.0 Å². The molecule has 0 fully saturated rings. The van der Waals surface area contributed by atoms with Gasteiger partial charge in [0.05, 0.1) is 13.2 Å². The minimum absolute atomic E-state index is 0.324. The highest BCUT2D eigenvalue weighted by atomic mass is 16.4. The summed E-state index contributed by atoms with van der Waals surface area (Å²) in [6.07, 6.45) is 64.8. The molecule has 0 atom stereocenters. The molecule has 0 aromatic carbocycles. The molecule has 0 radical (unpaired) electrons. The number of unbranched alkanes of at least 4 members (excludes halogenated alkanes) is 27. The van der Waals surface area contributed by atoms with Crippen molar-refractivity contribution in [2.75, 3.05) is 13.2 Å². The Bertz CT molecular complexity index is 1050. The number of carbonyl (C=O) groups is 3. The van der Waals surface area contributed by atoms with Crippen molar-refractivity contribution in [2.24, 2.45) is 0 Å². The summed E-state index contributed by atoms with van der Waals surface area (Å²) in [5, 5.41) is 49.5. The molecule has 9 heteroatoms. The van der Waals surface area contributed by atoms with E-state index in [1.54, 1.807) is 0 Å². The van der Waals surface area contributed by atoms with E-state index in [-0.39, 0.29) is 13.2 Å². The van der Waals surface area contributed by atoms with Crippen LogP contribution in [0.2, 0.25) is 0 Å². The quantitative estimate of drug-likeness (QED) is 0.0257. The third-order valence-electron chi connectivity index (χ3n) is 10.8. The van der Waals surface area contributed by atoms with E-state index in [1.807, 2.05) is 0 Å². The predicted molar refractivity (Wildman–Crippen MR) is 281 cm³/mol. The summed E-state index contributed by atoms with van der Waals surface area (Å²) in [4.78, 5) is 31.0. The fourth-order valence-electron chi connectivity index (χ4n) is 6.58. The molecule has 0 bridgehead atoms. The molecule has 0 aliphatic carbocycles. The molecule has 388 valence electrons. The smallest absolute Gasteiger partial charge is 0.303 e. The molecule has 6 N–H and O–H groups in total. The summed E-state index contributed by atoms with van der Waals surface area (Å²) in [5.74, 6) is -2.01. The first-order valence-corrected chi connectivity index (χ1v) is 26.9. The van der Waals surface area contributed by atoms with Crippen LogP contribution >= 0.6 is 0 Å². The van der Waals surface area contributed by atoms with Gasteiger partial charge in [-0.2, -0.15) is 0 Å². The zero-order valence-corrected chi connectivity index (χ0v) is 43.0. The molecular formula is C57H106O9. The largest absolute Gasteiger partial charge is 0.481 e. The van der Waals surface area contributed by atoms with Crippen molar-refractivity contribution >= 4 is 17.9 Å². The van der Waals surface area contributed by atoms with Gasteiger partial charge in [-0.1, -0.05) is 197 Å². The summed E-state index contributed by atoms with van der Waals surface area (Å²) in [5.41, 5.74) is 0. The van der Waals surface area contributed by atoms with Crippen molar-refractivity contribution in [3.05, 3.63) is 60.8 Å². The molecule has 0 aromatic heterocycles. The number of carboxylic acid groups (broad SMARTS) is 3. The maximum atomic E-state index is 10.3. The van der Waals surface area contributed by atoms with E-state index in [9.17, 15) is 14.4 Å². The topological polar surface area (TPSA) is 173 Å². The highest BCUT2D eigenvalue weighted by Gasteiger charge is 1.98. The van der Waals surface area contributed by atoms with Gasteiger partial charge in [0.2, 0.25) is 0 Å². The number of carboxylic acids is 3. The molecule has 0 rings (SSSR count). The highest BCUT2D eigenvalue weighted by Crippen LogP contribution is 2.12. The average Bonchev–Trinajstić information content (AvgIpc) is 3.30. The second-order valence-corrected chi connectivity index (χ2v) is 17.5. The van der Waals surface area contributed by atoms with Gasteiger partial charge in [0.25, 0.3) is 0 Å². The lowest BCUT2D eigenvalue weighted by atomic mass is 10.1. The molecule has 0 aromatic rings. The van der Waals surface area contributed by atoms with Crippen LogP contribution < -0.4 is 0 Å². The molecule has 66 heavy (non-hydrogen) atoms. The van der Waals surface area contributed by atoms with E-state index in [1.165, 1.54) is 161 Å². The number of hydrogen-bond acceptors (Lipinski definition) is 6. The summed E-state index contributed by atoms with van der Waals surface area (Å²) >= 11 is 0. The van der Waals surface area contributed by atoms with Gasteiger partial charge in [0, 0.05) is 19.3 Å². The Morgan fingerprint density at radius 3 is 0.742 bits per heavy atom. The Morgan fingerprint density at radius 2 is 0.515 bits per heavy atom. The summed E-state index contributed by atoms with van der Waals surface area (Å²) in [7, 11) is 0. The molecule has 0 saturated heterocycles. The van der Waals surface area contributed by atoms with Gasteiger partial charge in [0.1, 0.15) is 6.10 Å². The second-order valence-electron chi connectivity index (χ2n) is 17.5. The van der Waals surface area contributed by atoms with E-state index in [2.05, 4.69) is 81.5 Å². The number of aliphatic hydroxyl groups is 3. The Morgan fingerprint density at radius 1 is 0.318 bits per heavy atom. The van der Waals surface area contributed by atoms with Gasteiger partial charge in [0.15, 0.2) is 0 Å². The van der Waals surface area contributed by atoms with Crippen molar-refractivity contribution < 1.29 is 45.0 Å². The van der Waals surface area contributed by atoms with Crippen LogP contribution in [0.25, 0.3) is 0 Å². The Kier molecular flexibility index (Phi) is 69.8.